The number of nitrogens with two attached hydrogens (primary N) is 1. The van der Waals surface area contributed by atoms with Crippen LogP contribution in [0.25, 0.3) is 0 Å². The lowest BCUT2D eigenvalue weighted by atomic mass is 10.0. The maximum atomic E-state index is 12.1. The monoisotopic (exact) mass is 382 g/mol. The fraction of sp³-hybridized carbons (Fsp3) is 0.286. The van der Waals surface area contributed by atoms with Crippen molar-refractivity contribution >= 4 is 17.8 Å². The molecule has 0 aliphatic heterocycles. The van der Waals surface area contributed by atoms with Gasteiger partial charge in [0.2, 0.25) is 0 Å². The molecule has 2 aromatic carbocycles. The Kier molecular flexibility index (Phi) is 8.02. The second-order valence-electron chi connectivity index (χ2n) is 6.53. The van der Waals surface area contributed by atoms with Gasteiger partial charge in [0.1, 0.15) is 5.84 Å². The fourth-order valence-electron chi connectivity index (χ4n) is 2.83. The largest absolute Gasteiger partial charge is 0.481 e. The Bertz CT molecular complexity index is 791. The molecule has 2 aromatic rings. The number of carbonyl (C=O) groups excluding carboxylic acids is 1. The van der Waals surface area contributed by atoms with Crippen molar-refractivity contribution in [3.05, 3.63) is 71.3 Å². The third-order valence-corrected chi connectivity index (χ3v) is 4.33. The highest BCUT2D eigenvalue weighted by atomic mass is 16.4. The second kappa shape index (κ2) is 10.7. The zero-order chi connectivity index (χ0) is 20.4. The first kappa shape index (κ1) is 21.0. The van der Waals surface area contributed by atoms with Gasteiger partial charge in [0.15, 0.2) is 0 Å². The van der Waals surface area contributed by atoms with Crippen LogP contribution in [0.3, 0.4) is 0 Å². The Morgan fingerprint density at radius 3 is 2.32 bits per heavy atom. The molecule has 7 nitrogen and oxygen atoms in total. The summed E-state index contributed by atoms with van der Waals surface area (Å²) in [6, 6.07) is 15.7. The number of aliphatic carboxylic acids is 1. The third kappa shape index (κ3) is 7.11. The zero-order valence-corrected chi connectivity index (χ0v) is 15.7. The standard InChI is InChI=1S/C21H26N4O3/c22-20(23)17-11-9-15(10-12-17)6-4-5-13-24-21(28)25-18(14-19(26)27)16-7-2-1-3-8-16/h1-3,7-12,18H,4-6,13-14H2,(H3,22,23)(H,26,27)(H2,24,25,28). The molecule has 0 aliphatic carbocycles. The number of hydrogen-bond acceptors (Lipinski definition) is 3. The van der Waals surface area contributed by atoms with Gasteiger partial charge in [-0.05, 0) is 30.4 Å². The van der Waals surface area contributed by atoms with E-state index < -0.39 is 12.0 Å². The van der Waals surface area contributed by atoms with Crippen LogP contribution in [-0.4, -0.2) is 29.5 Å². The number of amidine groups is 1. The van der Waals surface area contributed by atoms with E-state index in [1.165, 1.54) is 0 Å². The van der Waals surface area contributed by atoms with Crippen LogP contribution in [0, 0.1) is 5.41 Å². The second-order valence-corrected chi connectivity index (χ2v) is 6.53. The molecule has 0 radical (unpaired) electrons. The molecule has 148 valence electrons. The molecule has 28 heavy (non-hydrogen) atoms. The molecule has 1 unspecified atom stereocenters. The van der Waals surface area contributed by atoms with Crippen molar-refractivity contribution in [2.24, 2.45) is 5.73 Å². The summed E-state index contributed by atoms with van der Waals surface area (Å²) >= 11 is 0. The van der Waals surface area contributed by atoms with Crippen molar-refractivity contribution in [2.45, 2.75) is 31.7 Å². The summed E-state index contributed by atoms with van der Waals surface area (Å²) in [7, 11) is 0. The number of benzene rings is 2. The minimum absolute atomic E-state index is 0.0541. The van der Waals surface area contributed by atoms with Crippen molar-refractivity contribution in [1.29, 1.82) is 5.41 Å². The molecule has 2 amide bonds. The number of nitrogens with one attached hydrogen (secondary N) is 3. The van der Waals surface area contributed by atoms with Crippen LogP contribution in [0.5, 0.6) is 0 Å². The highest BCUT2D eigenvalue weighted by Gasteiger charge is 2.17. The smallest absolute Gasteiger partial charge is 0.315 e. The van der Waals surface area contributed by atoms with Crippen LogP contribution < -0.4 is 16.4 Å². The van der Waals surface area contributed by atoms with E-state index in [1.54, 1.807) is 12.1 Å². The van der Waals surface area contributed by atoms with E-state index in [0.29, 0.717) is 12.1 Å². The molecular formula is C21H26N4O3. The minimum Gasteiger partial charge on any atom is -0.481 e. The number of carboxylic acids is 1. The molecule has 7 heteroatoms. The van der Waals surface area contributed by atoms with E-state index in [2.05, 4.69) is 10.6 Å². The molecule has 0 heterocycles. The molecule has 0 fully saturated rings. The molecule has 2 rings (SSSR count). The number of amides is 2. The number of unbranched alkanes of at least 4 members (excludes halogenated alkanes) is 1. The van der Waals surface area contributed by atoms with Gasteiger partial charge in [0.05, 0.1) is 12.5 Å². The molecule has 0 spiro atoms. The van der Waals surface area contributed by atoms with Crippen LogP contribution in [0.15, 0.2) is 54.6 Å². The summed E-state index contributed by atoms with van der Waals surface area (Å²) in [5, 5.41) is 22.0. The van der Waals surface area contributed by atoms with Crippen LogP contribution in [-0.2, 0) is 11.2 Å². The average Bonchev–Trinajstić information content (AvgIpc) is 2.68. The summed E-state index contributed by atoms with van der Waals surface area (Å²) in [5.41, 5.74) is 8.05. The summed E-state index contributed by atoms with van der Waals surface area (Å²) in [5.74, 6) is -0.914. The molecule has 0 aromatic heterocycles. The van der Waals surface area contributed by atoms with Crippen molar-refractivity contribution < 1.29 is 14.7 Å². The average molecular weight is 382 g/mol. The number of rotatable bonds is 10. The Balaban J connectivity index is 1.72. The molecule has 1 atom stereocenters. The van der Waals surface area contributed by atoms with Gasteiger partial charge < -0.3 is 21.5 Å². The van der Waals surface area contributed by atoms with Gasteiger partial charge in [0.25, 0.3) is 0 Å². The lowest BCUT2D eigenvalue weighted by Gasteiger charge is -2.18. The Morgan fingerprint density at radius 1 is 1.04 bits per heavy atom. The zero-order valence-electron chi connectivity index (χ0n) is 15.7. The SMILES string of the molecule is N=C(N)c1ccc(CCCCNC(=O)NC(CC(=O)O)c2ccccc2)cc1. The predicted molar refractivity (Wildman–Crippen MR) is 108 cm³/mol. The fourth-order valence-corrected chi connectivity index (χ4v) is 2.83. The van der Waals surface area contributed by atoms with Gasteiger partial charge in [-0.15, -0.1) is 0 Å². The van der Waals surface area contributed by atoms with Crippen LogP contribution >= 0.6 is 0 Å². The number of carboxylic acid groups (broad SMARTS) is 1. The van der Waals surface area contributed by atoms with E-state index >= 15 is 0 Å². The molecular weight excluding hydrogens is 356 g/mol. The van der Waals surface area contributed by atoms with Crippen molar-refractivity contribution in [1.82, 2.24) is 10.6 Å². The van der Waals surface area contributed by atoms with E-state index in [1.807, 2.05) is 42.5 Å². The van der Waals surface area contributed by atoms with Crippen molar-refractivity contribution in [2.75, 3.05) is 6.54 Å². The molecule has 6 N–H and O–H groups in total. The number of hydrogen-bond donors (Lipinski definition) is 5. The molecule has 0 saturated heterocycles. The number of nitrogen functional groups attached to an aromatic ring is 1. The molecule has 0 bridgehead atoms. The number of carbonyl (C=O) groups is 2. The lowest BCUT2D eigenvalue weighted by molar-refractivity contribution is -0.137. The maximum absolute atomic E-state index is 12.1. The Hall–Kier alpha value is -3.35. The third-order valence-electron chi connectivity index (χ3n) is 4.33. The first-order chi connectivity index (χ1) is 13.5. The number of aryl methyl sites for hydroxylation is 1. The van der Waals surface area contributed by atoms with Gasteiger partial charge in [-0.1, -0.05) is 54.6 Å². The van der Waals surface area contributed by atoms with Gasteiger partial charge >= 0.3 is 12.0 Å². The van der Waals surface area contributed by atoms with Crippen LogP contribution in [0.4, 0.5) is 4.79 Å². The first-order valence-electron chi connectivity index (χ1n) is 9.20. The quantitative estimate of drug-likeness (QED) is 0.246. The van der Waals surface area contributed by atoms with E-state index in [4.69, 9.17) is 16.2 Å². The van der Waals surface area contributed by atoms with Gasteiger partial charge in [0, 0.05) is 12.1 Å². The van der Waals surface area contributed by atoms with Gasteiger partial charge in [-0.2, -0.15) is 0 Å². The van der Waals surface area contributed by atoms with E-state index in [-0.39, 0.29) is 18.3 Å². The van der Waals surface area contributed by atoms with E-state index in [0.717, 1.165) is 30.4 Å². The molecule has 0 saturated carbocycles. The highest BCUT2D eigenvalue weighted by molar-refractivity contribution is 5.94. The minimum atomic E-state index is -0.968. The van der Waals surface area contributed by atoms with Crippen molar-refractivity contribution in [3.8, 4) is 0 Å². The topological polar surface area (TPSA) is 128 Å². The van der Waals surface area contributed by atoms with Gasteiger partial charge in [-0.3, -0.25) is 10.2 Å². The summed E-state index contributed by atoms with van der Waals surface area (Å²) in [6.07, 6.45) is 2.40. The lowest BCUT2D eigenvalue weighted by Crippen LogP contribution is -2.39. The van der Waals surface area contributed by atoms with E-state index in [9.17, 15) is 9.59 Å². The Morgan fingerprint density at radius 2 is 1.71 bits per heavy atom. The highest BCUT2D eigenvalue weighted by Crippen LogP contribution is 2.16. The maximum Gasteiger partial charge on any atom is 0.315 e. The first-order valence-corrected chi connectivity index (χ1v) is 9.20. The van der Waals surface area contributed by atoms with Crippen LogP contribution in [0.2, 0.25) is 0 Å². The van der Waals surface area contributed by atoms with Crippen LogP contribution in [0.1, 0.15) is 42.0 Å². The molecule has 0 aliphatic rings. The summed E-state index contributed by atoms with van der Waals surface area (Å²) in [4.78, 5) is 23.2. The predicted octanol–water partition coefficient (Wildman–Crippen LogP) is 2.81. The van der Waals surface area contributed by atoms with Crippen molar-refractivity contribution in [3.63, 3.8) is 0 Å². The Labute approximate surface area is 164 Å². The van der Waals surface area contributed by atoms with Gasteiger partial charge in [-0.25, -0.2) is 4.79 Å². The number of urea groups is 1. The summed E-state index contributed by atoms with van der Waals surface area (Å²) in [6.45, 7) is 0.506. The summed E-state index contributed by atoms with van der Waals surface area (Å²) < 4.78 is 0. The normalized spacial score (nSPS) is 11.4.